The van der Waals surface area contributed by atoms with Crippen LogP contribution in [-0.2, 0) is 0 Å². The Morgan fingerprint density at radius 2 is 1.76 bits per heavy atom. The summed E-state index contributed by atoms with van der Waals surface area (Å²) in [6.07, 6.45) is 2.14. The molecular weight excluding hydrogens is 335 g/mol. The Morgan fingerprint density at radius 3 is 2.32 bits per heavy atom. The van der Waals surface area contributed by atoms with Gasteiger partial charge in [-0.25, -0.2) is 0 Å². The molecule has 0 aliphatic rings. The Hall–Kier alpha value is -2.06. The summed E-state index contributed by atoms with van der Waals surface area (Å²) in [6, 6.07) is 11.2. The number of methoxy groups -OCH3 is 2. The smallest absolute Gasteiger partial charge is 0.193 e. The molecule has 0 saturated heterocycles. The molecule has 1 unspecified atom stereocenters. The number of hydrogen-bond donors (Lipinski definition) is 0. The van der Waals surface area contributed by atoms with Crippen molar-refractivity contribution in [3.05, 3.63) is 47.5 Å². The van der Waals surface area contributed by atoms with E-state index in [0.29, 0.717) is 17.1 Å². The number of rotatable bonds is 9. The van der Waals surface area contributed by atoms with Gasteiger partial charge in [-0.3, -0.25) is 4.79 Å². The number of unbranched alkanes of at least 4 members (excludes halogenated alkanes) is 1. The van der Waals surface area contributed by atoms with Gasteiger partial charge in [0.15, 0.2) is 5.52 Å². The van der Waals surface area contributed by atoms with Crippen LogP contribution < -0.4 is 19.5 Å². The van der Waals surface area contributed by atoms with Crippen LogP contribution in [0.5, 0.6) is 17.2 Å². The van der Waals surface area contributed by atoms with E-state index in [4.69, 9.17) is 14.2 Å². The van der Waals surface area contributed by atoms with E-state index in [1.165, 1.54) is 0 Å². The molecule has 5 heteroatoms. The second-order valence-corrected chi connectivity index (χ2v) is 6.91. The maximum atomic E-state index is 12.8. The number of ether oxygens (including phenoxy) is 3. The van der Waals surface area contributed by atoms with E-state index in [2.05, 4.69) is 6.92 Å². The van der Waals surface area contributed by atoms with Gasteiger partial charge < -0.3 is 14.2 Å². The fourth-order valence-electron chi connectivity index (χ4n) is 2.46. The molecule has 0 bridgehead atoms. The first-order chi connectivity index (χ1) is 12.1. The molecule has 4 nitrogen and oxygen atoms in total. The Morgan fingerprint density at radius 1 is 1.08 bits per heavy atom. The predicted octanol–water partition coefficient (Wildman–Crippen LogP) is 4.34. The number of hydrogen-bond acceptors (Lipinski definition) is 4. The lowest BCUT2D eigenvalue weighted by Crippen LogP contribution is -2.08. The molecule has 0 aliphatic heterocycles. The summed E-state index contributed by atoms with van der Waals surface area (Å²) in [6.45, 7) is 4.85. The topological polar surface area (TPSA) is 44.8 Å². The van der Waals surface area contributed by atoms with Crippen molar-refractivity contribution in [2.75, 3.05) is 20.8 Å². The molecule has 0 N–H and O–H groups in total. The van der Waals surface area contributed by atoms with Gasteiger partial charge in [-0.05, 0) is 57.1 Å². The minimum Gasteiger partial charge on any atom is -0.496 e. The zero-order chi connectivity index (χ0) is 18.2. The molecule has 0 spiro atoms. The first-order valence-electron chi connectivity index (χ1n) is 8.36. The summed E-state index contributed by atoms with van der Waals surface area (Å²) >= 11 is 0. The zero-order valence-corrected chi connectivity index (χ0v) is 16.2. The molecule has 0 radical (unpaired) electrons. The molecule has 134 valence electrons. The van der Waals surface area contributed by atoms with Gasteiger partial charge in [0.25, 0.3) is 0 Å². The molecule has 0 saturated carbocycles. The monoisotopic (exact) mass is 360 g/mol. The average Bonchev–Trinajstić information content (AvgIpc) is 2.63. The second-order valence-electron chi connectivity index (χ2n) is 5.67. The number of benzene rings is 2. The standard InChI is InChI=1S/C20H25O4P/c1-5-6-12-24-15-10-11-18(14(2)13-15)25-20(21)19-16(22-3)8-7-9-17(19)23-4/h7-11,13,25H,5-6,12H2,1-4H3. The lowest BCUT2D eigenvalue weighted by Gasteiger charge is -2.13. The van der Waals surface area contributed by atoms with Crippen LogP contribution in [0.2, 0.25) is 0 Å². The van der Waals surface area contributed by atoms with Crippen LogP contribution >= 0.6 is 8.58 Å². The van der Waals surface area contributed by atoms with E-state index < -0.39 is 0 Å². The molecule has 2 rings (SSSR count). The molecular formula is C20H25O4P. The minimum atomic E-state index is -0.00273. The molecule has 0 fully saturated rings. The normalized spacial score (nSPS) is 10.9. The van der Waals surface area contributed by atoms with Crippen molar-refractivity contribution in [1.29, 1.82) is 0 Å². The van der Waals surface area contributed by atoms with Crippen molar-refractivity contribution in [1.82, 2.24) is 0 Å². The SMILES string of the molecule is CCCCOc1ccc(PC(=O)c2c(OC)cccc2OC)c(C)c1. The third-order valence-electron chi connectivity index (χ3n) is 3.87. The van der Waals surface area contributed by atoms with E-state index in [0.717, 1.165) is 36.1 Å². The number of carbonyl (C=O) groups excluding carboxylic acids is 1. The molecule has 2 aromatic rings. The van der Waals surface area contributed by atoms with Gasteiger partial charge in [0, 0.05) is 0 Å². The summed E-state index contributed by atoms with van der Waals surface area (Å²) in [4.78, 5) is 12.8. The van der Waals surface area contributed by atoms with Crippen LogP contribution in [-0.4, -0.2) is 26.4 Å². The molecule has 0 amide bonds. The third kappa shape index (κ3) is 4.96. The van der Waals surface area contributed by atoms with Crippen molar-refractivity contribution in [3.63, 3.8) is 0 Å². The van der Waals surface area contributed by atoms with Gasteiger partial charge in [0.2, 0.25) is 0 Å². The van der Waals surface area contributed by atoms with E-state index in [1.54, 1.807) is 26.4 Å². The van der Waals surface area contributed by atoms with Gasteiger partial charge in [0.05, 0.1) is 20.8 Å². The Balaban J connectivity index is 2.18. The average molecular weight is 360 g/mol. The van der Waals surface area contributed by atoms with Crippen molar-refractivity contribution < 1.29 is 19.0 Å². The minimum absolute atomic E-state index is 0.00234. The first-order valence-corrected chi connectivity index (χ1v) is 9.36. The van der Waals surface area contributed by atoms with Crippen molar-refractivity contribution in [2.45, 2.75) is 26.7 Å². The lowest BCUT2D eigenvalue weighted by atomic mass is 10.2. The fraction of sp³-hybridized carbons (Fsp3) is 0.350. The lowest BCUT2D eigenvalue weighted by molar-refractivity contribution is 0.108. The molecule has 2 aromatic carbocycles. The van der Waals surface area contributed by atoms with Crippen molar-refractivity contribution >= 4 is 19.4 Å². The van der Waals surface area contributed by atoms with Crippen molar-refractivity contribution in [2.24, 2.45) is 0 Å². The van der Waals surface area contributed by atoms with Crippen LogP contribution in [0.4, 0.5) is 0 Å². The Kier molecular flexibility index (Phi) is 7.27. The maximum absolute atomic E-state index is 12.8. The Bertz CT molecular complexity index is 705. The third-order valence-corrected chi connectivity index (χ3v) is 5.17. The van der Waals surface area contributed by atoms with Crippen LogP contribution in [0.15, 0.2) is 36.4 Å². The molecule has 1 atom stereocenters. The molecule has 0 aliphatic carbocycles. The maximum Gasteiger partial charge on any atom is 0.193 e. The van der Waals surface area contributed by atoms with Crippen LogP contribution in [0.1, 0.15) is 35.7 Å². The van der Waals surface area contributed by atoms with Crippen molar-refractivity contribution in [3.8, 4) is 17.2 Å². The quantitative estimate of drug-likeness (QED) is 0.493. The first kappa shape index (κ1) is 19.3. The highest BCUT2D eigenvalue weighted by Crippen LogP contribution is 2.34. The predicted molar refractivity (Wildman–Crippen MR) is 103 cm³/mol. The largest absolute Gasteiger partial charge is 0.496 e. The fourth-order valence-corrected chi connectivity index (χ4v) is 3.51. The van der Waals surface area contributed by atoms with Gasteiger partial charge in [-0.2, -0.15) is 0 Å². The number of aryl methyl sites for hydroxylation is 1. The van der Waals surface area contributed by atoms with Gasteiger partial charge in [-0.15, -0.1) is 0 Å². The number of carbonyl (C=O) groups is 1. The highest BCUT2D eigenvalue weighted by atomic mass is 31.1. The van der Waals surface area contributed by atoms with Gasteiger partial charge in [0.1, 0.15) is 22.8 Å². The highest BCUT2D eigenvalue weighted by molar-refractivity contribution is 7.66. The zero-order valence-electron chi connectivity index (χ0n) is 15.2. The van der Waals surface area contributed by atoms with Crippen LogP contribution in [0.25, 0.3) is 0 Å². The van der Waals surface area contributed by atoms with Gasteiger partial charge >= 0.3 is 0 Å². The van der Waals surface area contributed by atoms with E-state index in [1.807, 2.05) is 31.2 Å². The highest BCUT2D eigenvalue weighted by Gasteiger charge is 2.19. The van der Waals surface area contributed by atoms with Crippen LogP contribution in [0.3, 0.4) is 0 Å². The van der Waals surface area contributed by atoms with Crippen LogP contribution in [0, 0.1) is 6.92 Å². The van der Waals surface area contributed by atoms with E-state index in [-0.39, 0.29) is 14.1 Å². The summed E-state index contributed by atoms with van der Waals surface area (Å²) < 4.78 is 16.4. The summed E-state index contributed by atoms with van der Waals surface area (Å²) in [5.74, 6) is 1.92. The van der Waals surface area contributed by atoms with E-state index in [9.17, 15) is 4.79 Å². The summed E-state index contributed by atoms with van der Waals surface area (Å²) in [5.41, 5.74) is 1.54. The second kappa shape index (κ2) is 9.43. The van der Waals surface area contributed by atoms with Gasteiger partial charge in [-0.1, -0.05) is 25.5 Å². The molecule has 0 aromatic heterocycles. The molecule has 0 heterocycles. The Labute approximate surface area is 151 Å². The summed E-state index contributed by atoms with van der Waals surface area (Å²) in [7, 11) is 3.11. The molecule has 25 heavy (non-hydrogen) atoms. The van der Waals surface area contributed by atoms with E-state index >= 15 is 0 Å². The summed E-state index contributed by atoms with van der Waals surface area (Å²) in [5, 5.41) is 1.00.